The van der Waals surface area contributed by atoms with Crippen molar-refractivity contribution in [2.45, 2.75) is 13.0 Å². The van der Waals surface area contributed by atoms with Crippen molar-refractivity contribution in [1.82, 2.24) is 4.98 Å². The van der Waals surface area contributed by atoms with Gasteiger partial charge in [-0.1, -0.05) is 11.3 Å². The molecule has 0 unspecified atom stereocenters. The molecule has 1 aromatic heterocycles. The van der Waals surface area contributed by atoms with Gasteiger partial charge < -0.3 is 15.4 Å². The lowest BCUT2D eigenvalue weighted by Gasteiger charge is -2.05. The molecule has 0 radical (unpaired) electrons. The molecule has 0 bridgehead atoms. The number of aromatic nitrogens is 1. The third kappa shape index (κ3) is 2.10. The van der Waals surface area contributed by atoms with Gasteiger partial charge in [0.1, 0.15) is 0 Å². The van der Waals surface area contributed by atoms with Crippen LogP contribution in [0.4, 0.5) is 5.13 Å². The zero-order chi connectivity index (χ0) is 10.0. The number of anilines is 1. The molecule has 0 aromatic carbocycles. The van der Waals surface area contributed by atoms with E-state index in [4.69, 9.17) is 10.5 Å². The summed E-state index contributed by atoms with van der Waals surface area (Å²) in [5.41, 5.74) is 5.78. The molecular weight excluding hydrogens is 186 g/mol. The maximum absolute atomic E-state index is 5.78. The van der Waals surface area contributed by atoms with E-state index in [2.05, 4.69) is 4.98 Å². The van der Waals surface area contributed by atoms with E-state index < -0.39 is 0 Å². The fourth-order valence-corrected chi connectivity index (χ4v) is 1.84. The molecule has 1 rings (SSSR count). The lowest BCUT2D eigenvalue weighted by atomic mass is 10.3. The molecule has 2 N–H and O–H groups in total. The van der Waals surface area contributed by atoms with E-state index in [-0.39, 0.29) is 6.04 Å². The number of hydrogen-bond acceptors (Lipinski definition) is 5. The molecule has 1 atom stereocenters. The number of hydrogen-bond donors (Lipinski definition) is 1. The van der Waals surface area contributed by atoms with Gasteiger partial charge in [0.25, 0.3) is 0 Å². The standard InChI is InChI=1S/C8H15N3OS/c1-5(9)6-7(12-4)10-8(13-6)11(2)3/h5H,9H2,1-4H3/t5-/m1/s1. The van der Waals surface area contributed by atoms with Crippen LogP contribution in [0.15, 0.2) is 0 Å². The number of rotatable bonds is 3. The van der Waals surface area contributed by atoms with Gasteiger partial charge in [0, 0.05) is 20.1 Å². The van der Waals surface area contributed by atoms with Crippen LogP contribution in [0, 0.1) is 0 Å². The van der Waals surface area contributed by atoms with Crippen molar-refractivity contribution in [1.29, 1.82) is 0 Å². The zero-order valence-corrected chi connectivity index (χ0v) is 9.18. The molecular formula is C8H15N3OS. The Balaban J connectivity index is 3.04. The molecule has 4 nitrogen and oxygen atoms in total. The van der Waals surface area contributed by atoms with Gasteiger partial charge in [-0.2, -0.15) is 4.98 Å². The minimum absolute atomic E-state index is 0.0267. The van der Waals surface area contributed by atoms with Gasteiger partial charge in [-0.15, -0.1) is 0 Å². The Morgan fingerprint density at radius 3 is 2.46 bits per heavy atom. The fourth-order valence-electron chi connectivity index (χ4n) is 0.932. The van der Waals surface area contributed by atoms with Crippen LogP contribution in [0.25, 0.3) is 0 Å². The van der Waals surface area contributed by atoms with Gasteiger partial charge in [-0.25, -0.2) is 0 Å². The Kier molecular flexibility index (Phi) is 3.11. The highest BCUT2D eigenvalue weighted by Crippen LogP contribution is 2.33. The van der Waals surface area contributed by atoms with E-state index in [9.17, 15) is 0 Å². The van der Waals surface area contributed by atoms with Crippen molar-refractivity contribution in [3.8, 4) is 5.88 Å². The normalized spacial score (nSPS) is 12.7. The molecule has 0 aliphatic heterocycles. The second kappa shape index (κ2) is 3.93. The summed E-state index contributed by atoms with van der Waals surface area (Å²) in [6.07, 6.45) is 0. The van der Waals surface area contributed by atoms with Crippen molar-refractivity contribution >= 4 is 16.5 Å². The van der Waals surface area contributed by atoms with Gasteiger partial charge >= 0.3 is 0 Å². The van der Waals surface area contributed by atoms with Crippen molar-refractivity contribution < 1.29 is 4.74 Å². The van der Waals surface area contributed by atoms with Crippen LogP contribution in [0.3, 0.4) is 0 Å². The summed E-state index contributed by atoms with van der Waals surface area (Å²) >= 11 is 1.57. The van der Waals surface area contributed by atoms with E-state index in [1.165, 1.54) is 0 Å². The first-order valence-corrected chi connectivity index (χ1v) is 4.85. The summed E-state index contributed by atoms with van der Waals surface area (Å²) in [4.78, 5) is 7.23. The molecule has 0 fully saturated rings. The first kappa shape index (κ1) is 10.3. The third-order valence-electron chi connectivity index (χ3n) is 1.60. The Morgan fingerprint density at radius 1 is 1.54 bits per heavy atom. The number of thiazole rings is 1. The smallest absolute Gasteiger partial charge is 0.231 e. The van der Waals surface area contributed by atoms with Crippen LogP contribution in [0.1, 0.15) is 17.8 Å². The van der Waals surface area contributed by atoms with E-state index in [0.29, 0.717) is 5.88 Å². The van der Waals surface area contributed by atoms with Crippen molar-refractivity contribution in [2.75, 3.05) is 26.1 Å². The Morgan fingerprint density at radius 2 is 2.15 bits per heavy atom. The summed E-state index contributed by atoms with van der Waals surface area (Å²) in [5, 5.41) is 0.921. The van der Waals surface area contributed by atoms with Crippen LogP contribution in [0.2, 0.25) is 0 Å². The number of nitrogens with zero attached hydrogens (tertiary/aromatic N) is 2. The zero-order valence-electron chi connectivity index (χ0n) is 8.37. The lowest BCUT2D eigenvalue weighted by molar-refractivity contribution is 0.394. The number of methoxy groups -OCH3 is 1. The monoisotopic (exact) mass is 201 g/mol. The van der Waals surface area contributed by atoms with Crippen molar-refractivity contribution in [3.05, 3.63) is 4.88 Å². The van der Waals surface area contributed by atoms with Gasteiger partial charge in [0.05, 0.1) is 12.0 Å². The Bertz CT molecular complexity index is 283. The maximum Gasteiger partial charge on any atom is 0.231 e. The summed E-state index contributed by atoms with van der Waals surface area (Å²) in [7, 11) is 5.51. The van der Waals surface area contributed by atoms with Crippen LogP contribution < -0.4 is 15.4 Å². The van der Waals surface area contributed by atoms with Crippen LogP contribution in [-0.4, -0.2) is 26.2 Å². The largest absolute Gasteiger partial charge is 0.480 e. The Hall–Kier alpha value is -0.810. The molecule has 0 amide bonds. The number of ether oxygens (including phenoxy) is 1. The van der Waals surface area contributed by atoms with E-state index >= 15 is 0 Å². The first-order valence-electron chi connectivity index (χ1n) is 4.04. The average Bonchev–Trinajstić information content (AvgIpc) is 2.47. The predicted octanol–water partition coefficient (Wildman–Crippen LogP) is 1.24. The highest BCUT2D eigenvalue weighted by atomic mass is 32.1. The minimum atomic E-state index is -0.0267. The van der Waals surface area contributed by atoms with E-state index in [0.717, 1.165) is 10.0 Å². The second-order valence-corrected chi connectivity index (χ2v) is 4.06. The molecule has 0 aliphatic rings. The summed E-state index contributed by atoms with van der Waals surface area (Å²) in [5.74, 6) is 0.642. The topological polar surface area (TPSA) is 51.4 Å². The SMILES string of the molecule is COc1nc(N(C)C)sc1[C@@H](C)N. The molecule has 0 aliphatic carbocycles. The quantitative estimate of drug-likeness (QED) is 0.799. The second-order valence-electron chi connectivity index (χ2n) is 3.05. The van der Waals surface area contributed by atoms with Gasteiger partial charge in [-0.05, 0) is 6.92 Å². The maximum atomic E-state index is 5.78. The van der Waals surface area contributed by atoms with Gasteiger partial charge in [-0.3, -0.25) is 0 Å². The molecule has 1 heterocycles. The highest BCUT2D eigenvalue weighted by Gasteiger charge is 2.15. The molecule has 1 aromatic rings. The first-order chi connectivity index (χ1) is 6.06. The summed E-state index contributed by atoms with van der Waals surface area (Å²) in [6, 6.07) is -0.0267. The summed E-state index contributed by atoms with van der Waals surface area (Å²) in [6.45, 7) is 1.93. The predicted molar refractivity (Wildman–Crippen MR) is 55.6 cm³/mol. The molecule has 0 saturated carbocycles. The van der Waals surface area contributed by atoms with Gasteiger partial charge in [0.15, 0.2) is 5.13 Å². The molecule has 13 heavy (non-hydrogen) atoms. The summed E-state index contributed by atoms with van der Waals surface area (Å²) < 4.78 is 5.13. The fraction of sp³-hybridized carbons (Fsp3) is 0.625. The van der Waals surface area contributed by atoms with Crippen LogP contribution in [0.5, 0.6) is 5.88 Å². The molecule has 74 valence electrons. The van der Waals surface area contributed by atoms with Crippen molar-refractivity contribution in [2.24, 2.45) is 5.73 Å². The molecule has 0 spiro atoms. The van der Waals surface area contributed by atoms with E-state index in [1.807, 2.05) is 25.9 Å². The lowest BCUT2D eigenvalue weighted by Crippen LogP contribution is -2.07. The third-order valence-corrected chi connectivity index (χ3v) is 3.00. The van der Waals surface area contributed by atoms with E-state index in [1.54, 1.807) is 18.4 Å². The number of nitrogens with two attached hydrogens (primary N) is 1. The average molecular weight is 201 g/mol. The molecule has 0 saturated heterocycles. The van der Waals surface area contributed by atoms with Crippen LogP contribution in [-0.2, 0) is 0 Å². The Labute approximate surface area is 82.3 Å². The van der Waals surface area contributed by atoms with Crippen molar-refractivity contribution in [3.63, 3.8) is 0 Å². The minimum Gasteiger partial charge on any atom is -0.480 e. The van der Waals surface area contributed by atoms with Gasteiger partial charge in [0.2, 0.25) is 5.88 Å². The van der Waals surface area contributed by atoms with Crippen LogP contribution >= 0.6 is 11.3 Å². The highest BCUT2D eigenvalue weighted by molar-refractivity contribution is 7.16. The molecule has 5 heteroatoms.